The molecule has 5 heteroatoms. The quantitative estimate of drug-likeness (QED) is 0.849. The van der Waals surface area contributed by atoms with Gasteiger partial charge in [-0.25, -0.2) is 12.8 Å². The highest BCUT2D eigenvalue weighted by molar-refractivity contribution is 7.90. The van der Waals surface area contributed by atoms with E-state index in [0.717, 1.165) is 0 Å². The van der Waals surface area contributed by atoms with Crippen LogP contribution in [0.3, 0.4) is 0 Å². The standard InChI is InChI=1S/C16H17FO3S/c1-12(14-6-4-7-15(17)10-14)21(18,19)11-13-5-3-8-16(9-13)20-2/h3-10,12H,11H2,1-2H3. The van der Waals surface area contributed by atoms with Crippen molar-refractivity contribution in [2.24, 2.45) is 0 Å². The van der Waals surface area contributed by atoms with E-state index in [2.05, 4.69) is 0 Å². The minimum atomic E-state index is -3.43. The molecule has 1 unspecified atom stereocenters. The van der Waals surface area contributed by atoms with Crippen LogP contribution in [0.4, 0.5) is 4.39 Å². The largest absolute Gasteiger partial charge is 0.497 e. The van der Waals surface area contributed by atoms with Crippen LogP contribution in [0.1, 0.15) is 23.3 Å². The van der Waals surface area contributed by atoms with Crippen molar-refractivity contribution in [3.8, 4) is 5.75 Å². The fourth-order valence-corrected chi connectivity index (χ4v) is 3.54. The Morgan fingerprint density at radius 1 is 1.14 bits per heavy atom. The maximum absolute atomic E-state index is 13.2. The Kier molecular flexibility index (Phi) is 4.63. The second-order valence-corrected chi connectivity index (χ2v) is 7.18. The van der Waals surface area contributed by atoms with Gasteiger partial charge in [-0.15, -0.1) is 0 Å². The summed E-state index contributed by atoms with van der Waals surface area (Å²) in [6.07, 6.45) is 0. The molecule has 0 amide bonds. The Bertz CT molecular complexity index is 726. The minimum absolute atomic E-state index is 0.109. The van der Waals surface area contributed by atoms with Crippen LogP contribution in [0.2, 0.25) is 0 Å². The number of sulfone groups is 1. The first kappa shape index (κ1) is 15.5. The van der Waals surface area contributed by atoms with Crippen LogP contribution in [-0.4, -0.2) is 15.5 Å². The van der Waals surface area contributed by atoms with Crippen LogP contribution in [0.15, 0.2) is 48.5 Å². The summed E-state index contributed by atoms with van der Waals surface area (Å²) in [5, 5.41) is -0.764. The van der Waals surface area contributed by atoms with E-state index in [1.54, 1.807) is 37.3 Å². The third-order valence-electron chi connectivity index (χ3n) is 3.36. The number of methoxy groups -OCH3 is 1. The average Bonchev–Trinajstić information content (AvgIpc) is 2.46. The first-order valence-corrected chi connectivity index (χ1v) is 8.24. The fraction of sp³-hybridized carbons (Fsp3) is 0.250. The van der Waals surface area contributed by atoms with Gasteiger partial charge in [-0.05, 0) is 42.3 Å². The van der Waals surface area contributed by atoms with Gasteiger partial charge in [0.2, 0.25) is 0 Å². The third kappa shape index (κ3) is 3.82. The molecule has 0 spiro atoms. The van der Waals surface area contributed by atoms with Crippen molar-refractivity contribution in [3.05, 3.63) is 65.5 Å². The first-order valence-electron chi connectivity index (χ1n) is 6.52. The van der Waals surface area contributed by atoms with Crippen molar-refractivity contribution >= 4 is 9.84 Å². The molecule has 1 atom stereocenters. The van der Waals surface area contributed by atoms with Gasteiger partial charge in [0.1, 0.15) is 11.6 Å². The fourth-order valence-electron chi connectivity index (χ4n) is 2.09. The lowest BCUT2D eigenvalue weighted by Crippen LogP contribution is -2.13. The van der Waals surface area contributed by atoms with Crippen LogP contribution in [0.25, 0.3) is 0 Å². The highest BCUT2D eigenvalue weighted by atomic mass is 32.2. The maximum Gasteiger partial charge on any atom is 0.161 e. The number of rotatable bonds is 5. The molecule has 112 valence electrons. The number of benzene rings is 2. The van der Waals surface area contributed by atoms with Crippen LogP contribution in [-0.2, 0) is 15.6 Å². The molecular formula is C16H17FO3S. The molecule has 0 saturated carbocycles. The topological polar surface area (TPSA) is 43.4 Å². The summed E-state index contributed by atoms with van der Waals surface area (Å²) in [6, 6.07) is 12.6. The summed E-state index contributed by atoms with van der Waals surface area (Å²) in [5.74, 6) is 0.0686. The molecule has 0 heterocycles. The van der Waals surface area contributed by atoms with E-state index in [9.17, 15) is 12.8 Å². The zero-order valence-corrected chi connectivity index (χ0v) is 12.7. The molecule has 0 aliphatic carbocycles. The van der Waals surface area contributed by atoms with E-state index in [0.29, 0.717) is 16.9 Å². The van der Waals surface area contributed by atoms with E-state index in [1.807, 2.05) is 0 Å². The molecule has 0 aliphatic rings. The molecule has 3 nitrogen and oxygen atoms in total. The predicted octanol–water partition coefficient (Wildman–Crippen LogP) is 3.51. The van der Waals surface area contributed by atoms with Crippen LogP contribution in [0.5, 0.6) is 5.75 Å². The van der Waals surface area contributed by atoms with Crippen molar-refractivity contribution in [3.63, 3.8) is 0 Å². The van der Waals surface area contributed by atoms with Crippen molar-refractivity contribution in [1.29, 1.82) is 0 Å². The molecule has 2 aromatic carbocycles. The molecule has 21 heavy (non-hydrogen) atoms. The van der Waals surface area contributed by atoms with Gasteiger partial charge >= 0.3 is 0 Å². The second-order valence-electron chi connectivity index (χ2n) is 4.86. The molecule has 2 aromatic rings. The number of halogens is 1. The first-order chi connectivity index (χ1) is 9.92. The van der Waals surface area contributed by atoms with Crippen molar-refractivity contribution in [1.82, 2.24) is 0 Å². The molecule has 0 radical (unpaired) electrons. The van der Waals surface area contributed by atoms with E-state index < -0.39 is 20.9 Å². The summed E-state index contributed by atoms with van der Waals surface area (Å²) in [4.78, 5) is 0. The predicted molar refractivity (Wildman–Crippen MR) is 80.4 cm³/mol. The second kappa shape index (κ2) is 6.26. The smallest absolute Gasteiger partial charge is 0.161 e. The van der Waals surface area contributed by atoms with Crippen LogP contribution in [0, 0.1) is 5.82 Å². The van der Waals surface area contributed by atoms with Crippen molar-refractivity contribution < 1.29 is 17.5 Å². The van der Waals surface area contributed by atoms with Gasteiger partial charge in [0.25, 0.3) is 0 Å². The monoisotopic (exact) mass is 308 g/mol. The molecular weight excluding hydrogens is 291 g/mol. The number of ether oxygens (including phenoxy) is 1. The average molecular weight is 308 g/mol. The SMILES string of the molecule is COc1cccc(CS(=O)(=O)C(C)c2cccc(F)c2)c1. The third-order valence-corrected chi connectivity index (χ3v) is 5.44. The Labute approximate surface area is 124 Å². The van der Waals surface area contributed by atoms with Crippen LogP contribution >= 0.6 is 0 Å². The maximum atomic E-state index is 13.2. The highest BCUT2D eigenvalue weighted by Crippen LogP contribution is 2.26. The Hall–Kier alpha value is -1.88. The summed E-state index contributed by atoms with van der Waals surface area (Å²) >= 11 is 0. The van der Waals surface area contributed by atoms with Gasteiger partial charge in [-0.2, -0.15) is 0 Å². The van der Waals surface area contributed by atoms with Gasteiger partial charge in [-0.1, -0.05) is 24.3 Å². The van der Waals surface area contributed by atoms with Gasteiger partial charge in [0.05, 0.1) is 18.1 Å². The highest BCUT2D eigenvalue weighted by Gasteiger charge is 2.23. The Morgan fingerprint density at radius 2 is 1.86 bits per heavy atom. The van der Waals surface area contributed by atoms with E-state index >= 15 is 0 Å². The summed E-state index contributed by atoms with van der Waals surface area (Å²) in [7, 11) is -1.90. The zero-order valence-electron chi connectivity index (χ0n) is 11.9. The molecule has 0 bridgehead atoms. The minimum Gasteiger partial charge on any atom is -0.497 e. The molecule has 0 aromatic heterocycles. The summed E-state index contributed by atoms with van der Waals surface area (Å²) in [6.45, 7) is 1.57. The van der Waals surface area contributed by atoms with Crippen molar-refractivity contribution in [2.45, 2.75) is 17.9 Å². The molecule has 0 aliphatic heterocycles. The van der Waals surface area contributed by atoms with Gasteiger partial charge < -0.3 is 4.74 Å². The number of hydrogen-bond acceptors (Lipinski definition) is 3. The van der Waals surface area contributed by atoms with E-state index in [-0.39, 0.29) is 5.75 Å². The Balaban J connectivity index is 2.25. The normalized spacial score (nSPS) is 12.9. The van der Waals surface area contributed by atoms with E-state index in [4.69, 9.17) is 4.74 Å². The summed E-state index contributed by atoms with van der Waals surface area (Å²) in [5.41, 5.74) is 1.11. The molecule has 0 saturated heterocycles. The molecule has 0 N–H and O–H groups in total. The lowest BCUT2D eigenvalue weighted by atomic mass is 10.2. The Morgan fingerprint density at radius 3 is 2.52 bits per heavy atom. The molecule has 0 fully saturated rings. The van der Waals surface area contributed by atoms with Gasteiger partial charge in [-0.3, -0.25) is 0 Å². The summed E-state index contributed by atoms with van der Waals surface area (Å²) < 4.78 is 43.2. The van der Waals surface area contributed by atoms with Gasteiger partial charge in [0, 0.05) is 0 Å². The zero-order chi connectivity index (χ0) is 15.5. The van der Waals surface area contributed by atoms with E-state index in [1.165, 1.54) is 25.3 Å². The van der Waals surface area contributed by atoms with Crippen molar-refractivity contribution in [2.75, 3.05) is 7.11 Å². The molecule has 2 rings (SSSR count). The lowest BCUT2D eigenvalue weighted by molar-refractivity contribution is 0.414. The lowest BCUT2D eigenvalue weighted by Gasteiger charge is -2.14. The number of hydrogen-bond donors (Lipinski definition) is 0. The van der Waals surface area contributed by atoms with Crippen LogP contribution < -0.4 is 4.74 Å². The van der Waals surface area contributed by atoms with Gasteiger partial charge in [0.15, 0.2) is 9.84 Å².